The molecule has 2 rings (SSSR count). The number of rotatable bonds is 2. The van der Waals surface area contributed by atoms with E-state index in [1.807, 2.05) is 4.90 Å². The largest absolute Gasteiger partial charge is 0.339 e. The van der Waals surface area contributed by atoms with E-state index in [0.717, 1.165) is 39.1 Å². The van der Waals surface area contributed by atoms with Gasteiger partial charge in [-0.05, 0) is 19.4 Å². The molecule has 0 saturated carbocycles. The second-order valence-corrected chi connectivity index (χ2v) is 5.16. The number of terminal acetylenes is 1. The molecule has 2 saturated heterocycles. The zero-order chi connectivity index (χ0) is 12.8. The first-order valence-electron chi connectivity index (χ1n) is 6.99. The first-order chi connectivity index (χ1) is 8.81. The van der Waals surface area contributed by atoms with Crippen LogP contribution in [0.15, 0.2) is 0 Å². The fourth-order valence-electron chi connectivity index (χ4n) is 2.72. The molecule has 0 bridgehead atoms. The molecule has 1 amide bonds. The van der Waals surface area contributed by atoms with Crippen molar-refractivity contribution >= 4 is 5.91 Å². The van der Waals surface area contributed by atoms with Crippen LogP contribution in [-0.4, -0.2) is 61.0 Å². The Labute approximate surface area is 110 Å². The molecule has 0 aromatic rings. The molecule has 4 nitrogen and oxygen atoms in total. The van der Waals surface area contributed by atoms with Crippen molar-refractivity contribution in [2.45, 2.75) is 31.7 Å². The first kappa shape index (κ1) is 13.4. The third kappa shape index (κ3) is 3.47. The predicted molar refractivity (Wildman–Crippen MR) is 72.1 cm³/mol. The molecule has 2 aliphatic heterocycles. The summed E-state index contributed by atoms with van der Waals surface area (Å²) in [5.41, 5.74) is 0. The summed E-state index contributed by atoms with van der Waals surface area (Å²) in [6.07, 6.45) is 9.90. The molecule has 18 heavy (non-hydrogen) atoms. The van der Waals surface area contributed by atoms with E-state index in [-0.39, 0.29) is 11.9 Å². The molecule has 1 atom stereocenters. The van der Waals surface area contributed by atoms with Crippen molar-refractivity contribution in [1.29, 1.82) is 0 Å². The van der Waals surface area contributed by atoms with Crippen LogP contribution in [0.4, 0.5) is 0 Å². The topological polar surface area (TPSA) is 35.6 Å². The van der Waals surface area contributed by atoms with Crippen molar-refractivity contribution in [1.82, 2.24) is 15.1 Å². The zero-order valence-electron chi connectivity index (χ0n) is 11.0. The molecule has 0 aromatic heterocycles. The van der Waals surface area contributed by atoms with Gasteiger partial charge in [0.2, 0.25) is 5.91 Å². The molecular weight excluding hydrogens is 226 g/mol. The Morgan fingerprint density at radius 2 is 2.00 bits per heavy atom. The Morgan fingerprint density at radius 1 is 1.22 bits per heavy atom. The Morgan fingerprint density at radius 3 is 2.72 bits per heavy atom. The average molecular weight is 249 g/mol. The molecule has 1 N–H and O–H groups in total. The van der Waals surface area contributed by atoms with Gasteiger partial charge in [-0.15, -0.1) is 6.42 Å². The maximum Gasteiger partial charge on any atom is 0.239 e. The van der Waals surface area contributed by atoms with Gasteiger partial charge in [-0.2, -0.15) is 0 Å². The van der Waals surface area contributed by atoms with E-state index in [2.05, 4.69) is 16.1 Å². The molecule has 2 fully saturated rings. The van der Waals surface area contributed by atoms with Gasteiger partial charge >= 0.3 is 0 Å². The highest BCUT2D eigenvalue weighted by Crippen LogP contribution is 2.12. The van der Waals surface area contributed by atoms with Gasteiger partial charge in [0.25, 0.3) is 0 Å². The van der Waals surface area contributed by atoms with Gasteiger partial charge in [0.15, 0.2) is 0 Å². The fourth-order valence-corrected chi connectivity index (χ4v) is 2.72. The van der Waals surface area contributed by atoms with Crippen LogP contribution in [0.1, 0.15) is 25.7 Å². The highest BCUT2D eigenvalue weighted by atomic mass is 16.2. The van der Waals surface area contributed by atoms with Crippen molar-refractivity contribution in [3.63, 3.8) is 0 Å². The monoisotopic (exact) mass is 249 g/mol. The van der Waals surface area contributed by atoms with E-state index in [9.17, 15) is 4.79 Å². The highest BCUT2D eigenvalue weighted by molar-refractivity contribution is 5.82. The molecular formula is C14H23N3O. The van der Waals surface area contributed by atoms with Crippen LogP contribution in [0.2, 0.25) is 0 Å². The number of hydrogen-bond acceptors (Lipinski definition) is 3. The number of nitrogens with one attached hydrogen (secondary N) is 1. The SMILES string of the molecule is C#CCN1CCN(C(=O)C2CCCCCN2)CC1. The van der Waals surface area contributed by atoms with Crippen LogP contribution in [0.3, 0.4) is 0 Å². The fraction of sp³-hybridized carbons (Fsp3) is 0.786. The van der Waals surface area contributed by atoms with E-state index >= 15 is 0 Å². The molecule has 0 aliphatic carbocycles. The minimum absolute atomic E-state index is 0.0479. The highest BCUT2D eigenvalue weighted by Gasteiger charge is 2.27. The second-order valence-electron chi connectivity index (χ2n) is 5.16. The smallest absolute Gasteiger partial charge is 0.239 e. The van der Waals surface area contributed by atoms with Crippen molar-refractivity contribution in [3.8, 4) is 12.3 Å². The number of hydrogen-bond donors (Lipinski definition) is 1. The van der Waals surface area contributed by atoms with Gasteiger partial charge in [-0.1, -0.05) is 18.8 Å². The lowest BCUT2D eigenvalue weighted by Crippen LogP contribution is -2.54. The Balaban J connectivity index is 1.81. The minimum atomic E-state index is 0.0479. The van der Waals surface area contributed by atoms with Crippen molar-refractivity contribution in [2.24, 2.45) is 0 Å². The Bertz CT molecular complexity index is 307. The summed E-state index contributed by atoms with van der Waals surface area (Å²) in [4.78, 5) is 16.6. The minimum Gasteiger partial charge on any atom is -0.339 e. The van der Waals surface area contributed by atoms with Gasteiger partial charge < -0.3 is 10.2 Å². The number of carbonyl (C=O) groups excluding carboxylic acids is 1. The summed E-state index contributed by atoms with van der Waals surface area (Å²) in [6.45, 7) is 5.12. The van der Waals surface area contributed by atoms with E-state index in [1.54, 1.807) is 0 Å². The van der Waals surface area contributed by atoms with Crippen molar-refractivity contribution in [3.05, 3.63) is 0 Å². The van der Waals surface area contributed by atoms with E-state index in [4.69, 9.17) is 6.42 Å². The molecule has 2 aliphatic rings. The van der Waals surface area contributed by atoms with Crippen molar-refractivity contribution in [2.75, 3.05) is 39.3 Å². The van der Waals surface area contributed by atoms with Crippen LogP contribution >= 0.6 is 0 Å². The lowest BCUT2D eigenvalue weighted by atomic mass is 10.1. The van der Waals surface area contributed by atoms with Gasteiger partial charge in [0, 0.05) is 26.2 Å². The van der Waals surface area contributed by atoms with Crippen molar-refractivity contribution < 1.29 is 4.79 Å². The summed E-state index contributed by atoms with van der Waals surface area (Å²) in [7, 11) is 0. The molecule has 4 heteroatoms. The van der Waals surface area contributed by atoms with Crippen LogP contribution in [-0.2, 0) is 4.79 Å². The summed E-state index contributed by atoms with van der Waals surface area (Å²) in [5.74, 6) is 2.95. The molecule has 2 heterocycles. The molecule has 0 radical (unpaired) electrons. The maximum absolute atomic E-state index is 12.4. The summed E-state index contributed by atoms with van der Waals surface area (Å²) in [5, 5.41) is 3.38. The quantitative estimate of drug-likeness (QED) is 0.715. The van der Waals surface area contributed by atoms with Gasteiger partial charge in [0.1, 0.15) is 0 Å². The first-order valence-corrected chi connectivity index (χ1v) is 6.99. The lowest BCUT2D eigenvalue weighted by molar-refractivity contribution is -0.135. The number of piperazine rings is 1. The summed E-state index contributed by atoms with van der Waals surface area (Å²) < 4.78 is 0. The Kier molecular flexibility index (Phi) is 5.03. The van der Waals surface area contributed by atoms with Gasteiger partial charge in [-0.3, -0.25) is 9.69 Å². The van der Waals surface area contributed by atoms with E-state index in [1.165, 1.54) is 19.3 Å². The third-order valence-electron chi connectivity index (χ3n) is 3.86. The average Bonchev–Trinajstić information content (AvgIpc) is 2.68. The van der Waals surface area contributed by atoms with Crippen LogP contribution in [0, 0.1) is 12.3 Å². The number of nitrogens with zero attached hydrogens (tertiary/aromatic N) is 2. The lowest BCUT2D eigenvalue weighted by Gasteiger charge is -2.35. The van der Waals surface area contributed by atoms with Crippen LogP contribution in [0.25, 0.3) is 0 Å². The number of amides is 1. The normalized spacial score (nSPS) is 26.4. The summed E-state index contributed by atoms with van der Waals surface area (Å²) >= 11 is 0. The zero-order valence-corrected chi connectivity index (χ0v) is 11.0. The van der Waals surface area contributed by atoms with E-state index in [0.29, 0.717) is 6.54 Å². The standard InChI is InChI=1S/C14H23N3O/c1-2-8-16-9-11-17(12-10-16)14(18)13-6-4-3-5-7-15-13/h1,13,15H,3-12H2. The molecule has 0 aromatic carbocycles. The van der Waals surface area contributed by atoms with Gasteiger partial charge in [-0.25, -0.2) is 0 Å². The van der Waals surface area contributed by atoms with Crippen LogP contribution < -0.4 is 5.32 Å². The second kappa shape index (κ2) is 6.77. The predicted octanol–water partition coefficient (Wildman–Crippen LogP) is 0.296. The Hall–Kier alpha value is -1.05. The molecule has 100 valence electrons. The van der Waals surface area contributed by atoms with Gasteiger partial charge in [0.05, 0.1) is 12.6 Å². The summed E-state index contributed by atoms with van der Waals surface area (Å²) in [6, 6.07) is 0.0479. The van der Waals surface area contributed by atoms with E-state index < -0.39 is 0 Å². The molecule has 0 spiro atoms. The van der Waals surface area contributed by atoms with Crippen LogP contribution in [0.5, 0.6) is 0 Å². The maximum atomic E-state index is 12.4. The number of carbonyl (C=O) groups is 1. The third-order valence-corrected chi connectivity index (χ3v) is 3.86. The molecule has 1 unspecified atom stereocenters.